The number of rotatable bonds is 5. The lowest BCUT2D eigenvalue weighted by atomic mass is 10.0. The quantitative estimate of drug-likeness (QED) is 0.520. The number of hydrogen-bond donors (Lipinski definition) is 0. The summed E-state index contributed by atoms with van der Waals surface area (Å²) >= 11 is 1.68. The Morgan fingerprint density at radius 2 is 1.62 bits per heavy atom. The molecule has 0 saturated heterocycles. The van der Waals surface area contributed by atoms with Gasteiger partial charge in [-0.25, -0.2) is 4.98 Å². The van der Waals surface area contributed by atoms with Gasteiger partial charge in [0.15, 0.2) is 5.78 Å². The summed E-state index contributed by atoms with van der Waals surface area (Å²) in [4.78, 5) is 17.4. The molecule has 0 atom stereocenters. The predicted molar refractivity (Wildman–Crippen MR) is 102 cm³/mol. The molecule has 0 radical (unpaired) electrons. The van der Waals surface area contributed by atoms with Crippen LogP contribution in [0.5, 0.6) is 0 Å². The third kappa shape index (κ3) is 3.46. The topological polar surface area (TPSA) is 30.0 Å². The van der Waals surface area contributed by atoms with Crippen LogP contribution in [-0.4, -0.2) is 10.8 Å². The zero-order valence-electron chi connectivity index (χ0n) is 14.2. The van der Waals surface area contributed by atoms with Crippen LogP contribution in [0.4, 0.5) is 0 Å². The normalized spacial score (nSPS) is 11.0. The van der Waals surface area contributed by atoms with Gasteiger partial charge >= 0.3 is 0 Å². The largest absolute Gasteiger partial charge is 0.294 e. The van der Waals surface area contributed by atoms with E-state index in [1.807, 2.05) is 37.4 Å². The summed E-state index contributed by atoms with van der Waals surface area (Å²) in [7, 11) is 0. The van der Waals surface area contributed by atoms with Gasteiger partial charge in [-0.15, -0.1) is 11.3 Å². The molecular formula is C21H21NOS. The van der Waals surface area contributed by atoms with Crippen molar-refractivity contribution in [2.75, 3.05) is 0 Å². The maximum atomic E-state index is 11.7. The minimum absolute atomic E-state index is 0.173. The van der Waals surface area contributed by atoms with Crippen molar-refractivity contribution in [2.45, 2.75) is 33.1 Å². The SMILES string of the molecule is CCC(=O)c1ccc(-c2ncc(-c3ccc(C(C)C)cc3)s2)cc1. The van der Waals surface area contributed by atoms with Crippen LogP contribution in [0.1, 0.15) is 49.0 Å². The van der Waals surface area contributed by atoms with Crippen molar-refractivity contribution in [3.8, 4) is 21.0 Å². The molecule has 0 fully saturated rings. The average Bonchev–Trinajstić information content (AvgIpc) is 3.11. The molecule has 0 amide bonds. The average molecular weight is 335 g/mol. The first-order valence-corrected chi connectivity index (χ1v) is 9.10. The van der Waals surface area contributed by atoms with E-state index in [2.05, 4.69) is 43.1 Å². The summed E-state index contributed by atoms with van der Waals surface area (Å²) in [6.07, 6.45) is 2.46. The minimum atomic E-state index is 0.173. The number of benzene rings is 2. The van der Waals surface area contributed by atoms with Crippen LogP contribution in [0.3, 0.4) is 0 Å². The predicted octanol–water partition coefficient (Wildman–Crippen LogP) is 6.19. The van der Waals surface area contributed by atoms with Crippen molar-refractivity contribution in [1.82, 2.24) is 4.98 Å². The van der Waals surface area contributed by atoms with Gasteiger partial charge in [0.05, 0.1) is 4.88 Å². The van der Waals surface area contributed by atoms with Crippen molar-refractivity contribution in [3.63, 3.8) is 0 Å². The number of nitrogens with zero attached hydrogens (tertiary/aromatic N) is 1. The van der Waals surface area contributed by atoms with E-state index in [-0.39, 0.29) is 5.78 Å². The fourth-order valence-corrected chi connectivity index (χ4v) is 3.50. The van der Waals surface area contributed by atoms with E-state index in [1.54, 1.807) is 11.3 Å². The highest BCUT2D eigenvalue weighted by atomic mass is 32.1. The second-order valence-corrected chi connectivity index (χ2v) is 7.19. The first-order valence-electron chi connectivity index (χ1n) is 8.28. The number of thiazole rings is 1. The Bertz CT molecular complexity index is 829. The molecule has 0 N–H and O–H groups in total. The molecule has 0 unspecified atom stereocenters. The van der Waals surface area contributed by atoms with Crippen LogP contribution in [0, 0.1) is 0 Å². The van der Waals surface area contributed by atoms with Gasteiger partial charge in [0.25, 0.3) is 0 Å². The van der Waals surface area contributed by atoms with Crippen molar-refractivity contribution >= 4 is 17.1 Å². The highest BCUT2D eigenvalue weighted by molar-refractivity contribution is 7.18. The fourth-order valence-electron chi connectivity index (χ4n) is 2.58. The van der Waals surface area contributed by atoms with Gasteiger partial charge in [-0.05, 0) is 17.0 Å². The number of carbonyl (C=O) groups excluding carboxylic acids is 1. The molecule has 3 heteroatoms. The standard InChI is InChI=1S/C21H21NOS/c1-4-19(23)16-7-11-18(12-8-16)21-22-13-20(24-21)17-9-5-15(6-10-17)14(2)3/h5-14H,4H2,1-3H3. The van der Waals surface area contributed by atoms with Crippen LogP contribution in [0.25, 0.3) is 21.0 Å². The van der Waals surface area contributed by atoms with E-state index in [9.17, 15) is 4.79 Å². The second-order valence-electron chi connectivity index (χ2n) is 6.16. The number of Topliss-reactive ketones (excluding diaryl/α,β-unsaturated/α-hetero) is 1. The lowest BCUT2D eigenvalue weighted by molar-refractivity contribution is 0.0988. The Morgan fingerprint density at radius 1 is 1.00 bits per heavy atom. The molecule has 1 aromatic heterocycles. The van der Waals surface area contributed by atoms with Crippen LogP contribution in [-0.2, 0) is 0 Å². The molecule has 2 aromatic carbocycles. The summed E-state index contributed by atoms with van der Waals surface area (Å²) in [6, 6.07) is 16.4. The van der Waals surface area contributed by atoms with E-state index < -0.39 is 0 Å². The van der Waals surface area contributed by atoms with Crippen LogP contribution >= 0.6 is 11.3 Å². The molecule has 0 spiro atoms. The van der Waals surface area contributed by atoms with E-state index in [4.69, 9.17) is 0 Å². The molecular weight excluding hydrogens is 314 g/mol. The molecule has 0 aliphatic heterocycles. The Hall–Kier alpha value is -2.26. The fraction of sp³-hybridized carbons (Fsp3) is 0.238. The zero-order valence-corrected chi connectivity index (χ0v) is 15.1. The van der Waals surface area contributed by atoms with Crippen LogP contribution in [0.2, 0.25) is 0 Å². The molecule has 3 aromatic rings. The van der Waals surface area contributed by atoms with Crippen molar-refractivity contribution < 1.29 is 4.79 Å². The Labute approximate surface area is 147 Å². The van der Waals surface area contributed by atoms with Gasteiger partial charge in [-0.3, -0.25) is 4.79 Å². The molecule has 2 nitrogen and oxygen atoms in total. The van der Waals surface area contributed by atoms with Crippen LogP contribution in [0.15, 0.2) is 54.7 Å². The van der Waals surface area contributed by atoms with Crippen LogP contribution < -0.4 is 0 Å². The van der Waals surface area contributed by atoms with Crippen molar-refractivity contribution in [2.24, 2.45) is 0 Å². The zero-order chi connectivity index (χ0) is 17.1. The number of aromatic nitrogens is 1. The maximum Gasteiger partial charge on any atom is 0.162 e. The summed E-state index contributed by atoms with van der Waals surface area (Å²) < 4.78 is 0. The minimum Gasteiger partial charge on any atom is -0.294 e. The number of ketones is 1. The summed E-state index contributed by atoms with van der Waals surface area (Å²) in [6.45, 7) is 6.29. The molecule has 0 saturated carbocycles. The van der Waals surface area contributed by atoms with Gasteiger partial charge in [0, 0.05) is 23.7 Å². The van der Waals surface area contributed by atoms with E-state index >= 15 is 0 Å². The Morgan fingerprint density at radius 3 is 2.21 bits per heavy atom. The van der Waals surface area contributed by atoms with Gasteiger partial charge in [0.2, 0.25) is 0 Å². The maximum absolute atomic E-state index is 11.7. The van der Waals surface area contributed by atoms with Gasteiger partial charge in [0.1, 0.15) is 5.01 Å². The molecule has 0 aliphatic carbocycles. The highest BCUT2D eigenvalue weighted by Crippen LogP contribution is 2.32. The number of hydrogen-bond acceptors (Lipinski definition) is 3. The Kier molecular flexibility index (Phi) is 4.91. The van der Waals surface area contributed by atoms with Crippen molar-refractivity contribution in [3.05, 3.63) is 65.9 Å². The Balaban J connectivity index is 1.83. The van der Waals surface area contributed by atoms with Gasteiger partial charge < -0.3 is 0 Å². The smallest absolute Gasteiger partial charge is 0.162 e. The lowest BCUT2D eigenvalue weighted by Gasteiger charge is -2.05. The summed E-state index contributed by atoms with van der Waals surface area (Å²) in [5.74, 6) is 0.715. The van der Waals surface area contributed by atoms with E-state index in [0.29, 0.717) is 12.3 Å². The van der Waals surface area contributed by atoms with E-state index in [1.165, 1.54) is 11.1 Å². The highest BCUT2D eigenvalue weighted by Gasteiger charge is 2.09. The first-order chi connectivity index (χ1) is 11.6. The first kappa shape index (κ1) is 16.6. The number of carbonyl (C=O) groups is 1. The third-order valence-corrected chi connectivity index (χ3v) is 5.24. The molecule has 1 heterocycles. The van der Waals surface area contributed by atoms with Gasteiger partial charge in [-0.1, -0.05) is 69.3 Å². The van der Waals surface area contributed by atoms with Gasteiger partial charge in [-0.2, -0.15) is 0 Å². The van der Waals surface area contributed by atoms with Crippen molar-refractivity contribution in [1.29, 1.82) is 0 Å². The van der Waals surface area contributed by atoms with E-state index in [0.717, 1.165) is 21.0 Å². The summed E-state index contributed by atoms with van der Waals surface area (Å²) in [5.41, 5.74) is 4.36. The third-order valence-electron chi connectivity index (χ3n) is 4.14. The molecule has 0 bridgehead atoms. The molecule has 122 valence electrons. The molecule has 24 heavy (non-hydrogen) atoms. The monoisotopic (exact) mass is 335 g/mol. The summed E-state index contributed by atoms with van der Waals surface area (Å²) in [5, 5.41) is 0.980. The lowest BCUT2D eigenvalue weighted by Crippen LogP contribution is -1.95. The second kappa shape index (κ2) is 7.10. The molecule has 3 rings (SSSR count). The molecule has 0 aliphatic rings.